The van der Waals surface area contributed by atoms with Crippen molar-refractivity contribution >= 4 is 17.4 Å². The number of amides is 1. The number of carbonyl (C=O) groups is 1. The first-order valence-corrected chi connectivity index (χ1v) is 8.55. The molecule has 3 aliphatic rings. The lowest BCUT2D eigenvalue weighted by atomic mass is 9.62. The van der Waals surface area contributed by atoms with Crippen molar-refractivity contribution in [3.8, 4) is 0 Å². The summed E-state index contributed by atoms with van der Waals surface area (Å²) in [6, 6.07) is 3.63. The molecular formula is C18H23F2N3O. The number of carbonyl (C=O) groups excluding carboxylic acids is 1. The summed E-state index contributed by atoms with van der Waals surface area (Å²) in [6.07, 6.45) is 4.51. The molecule has 3 aliphatic carbocycles. The van der Waals surface area contributed by atoms with Crippen molar-refractivity contribution < 1.29 is 13.6 Å². The molecule has 4 rings (SSSR count). The maximum absolute atomic E-state index is 14.3. The van der Waals surface area contributed by atoms with Gasteiger partial charge in [0.1, 0.15) is 0 Å². The van der Waals surface area contributed by atoms with E-state index < -0.39 is 16.8 Å². The smallest absolute Gasteiger partial charge is 0.260 e. The second-order valence-corrected chi connectivity index (χ2v) is 7.84. The second kappa shape index (κ2) is 4.67. The van der Waals surface area contributed by atoms with Gasteiger partial charge in [-0.15, -0.1) is 0 Å². The number of halogens is 2. The van der Waals surface area contributed by atoms with Crippen molar-refractivity contribution in [2.45, 2.75) is 38.0 Å². The van der Waals surface area contributed by atoms with Gasteiger partial charge in [-0.2, -0.15) is 0 Å². The summed E-state index contributed by atoms with van der Waals surface area (Å²) in [7, 11) is 5.45. The molecule has 1 heterocycles. The zero-order valence-corrected chi connectivity index (χ0v) is 14.4. The number of rotatable bonds is 3. The van der Waals surface area contributed by atoms with Gasteiger partial charge < -0.3 is 9.80 Å². The van der Waals surface area contributed by atoms with E-state index in [1.807, 2.05) is 25.1 Å². The Bertz CT molecular complexity index is 693. The molecular weight excluding hydrogens is 312 g/mol. The summed E-state index contributed by atoms with van der Waals surface area (Å²) < 4.78 is 28.6. The molecule has 4 nitrogen and oxygen atoms in total. The highest BCUT2D eigenvalue weighted by Gasteiger charge is 2.94. The number of hydrogen-bond acceptors (Lipinski definition) is 3. The molecule has 0 N–H and O–H groups in total. The first-order valence-electron chi connectivity index (χ1n) is 8.55. The van der Waals surface area contributed by atoms with Gasteiger partial charge in [-0.3, -0.25) is 4.79 Å². The molecule has 0 radical (unpaired) electrons. The molecule has 0 aromatic carbocycles. The van der Waals surface area contributed by atoms with Crippen LogP contribution in [0.4, 0.5) is 20.3 Å². The Morgan fingerprint density at radius 2 is 1.88 bits per heavy atom. The van der Waals surface area contributed by atoms with E-state index in [-0.39, 0.29) is 11.8 Å². The van der Waals surface area contributed by atoms with E-state index >= 15 is 0 Å². The lowest BCUT2D eigenvalue weighted by Crippen LogP contribution is -2.44. The third-order valence-corrected chi connectivity index (χ3v) is 6.68. The Kier molecular flexibility index (Phi) is 3.07. The van der Waals surface area contributed by atoms with E-state index in [2.05, 4.69) is 4.98 Å². The third kappa shape index (κ3) is 1.62. The molecule has 0 atom stereocenters. The van der Waals surface area contributed by atoms with Crippen LogP contribution in [0, 0.1) is 16.7 Å². The molecule has 0 saturated heterocycles. The van der Waals surface area contributed by atoms with Crippen LogP contribution in [0.2, 0.25) is 0 Å². The fourth-order valence-electron chi connectivity index (χ4n) is 5.05. The molecule has 0 bridgehead atoms. The van der Waals surface area contributed by atoms with E-state index in [4.69, 9.17) is 0 Å². The Labute approximate surface area is 140 Å². The van der Waals surface area contributed by atoms with Gasteiger partial charge >= 0.3 is 0 Å². The summed E-state index contributed by atoms with van der Waals surface area (Å²) in [5.41, 5.74) is -0.925. The molecule has 6 heteroatoms. The Balaban J connectivity index is 1.49. The maximum Gasteiger partial charge on any atom is 0.260 e. The van der Waals surface area contributed by atoms with Crippen LogP contribution in [0.3, 0.4) is 0 Å². The molecule has 0 aliphatic heterocycles. The van der Waals surface area contributed by atoms with Gasteiger partial charge in [0.05, 0.1) is 5.69 Å². The maximum atomic E-state index is 14.3. The minimum Gasteiger partial charge on any atom is -0.361 e. The van der Waals surface area contributed by atoms with Crippen LogP contribution in [-0.4, -0.2) is 38.0 Å². The molecule has 1 amide bonds. The lowest BCUT2D eigenvalue weighted by molar-refractivity contribution is -0.129. The first kappa shape index (κ1) is 15.8. The second-order valence-electron chi connectivity index (χ2n) is 7.84. The van der Waals surface area contributed by atoms with Gasteiger partial charge in [0, 0.05) is 44.1 Å². The van der Waals surface area contributed by atoms with Crippen LogP contribution >= 0.6 is 0 Å². The molecule has 1 aromatic heterocycles. The van der Waals surface area contributed by atoms with Gasteiger partial charge in [0.2, 0.25) is 5.91 Å². The molecule has 0 unspecified atom stereocenters. The number of anilines is 2. The Morgan fingerprint density at radius 1 is 1.21 bits per heavy atom. The largest absolute Gasteiger partial charge is 0.361 e. The Morgan fingerprint density at radius 3 is 2.38 bits per heavy atom. The van der Waals surface area contributed by atoms with Gasteiger partial charge in [0.15, 0.2) is 5.82 Å². The molecule has 3 fully saturated rings. The molecule has 130 valence electrons. The predicted octanol–water partition coefficient (Wildman–Crippen LogP) is 3.33. The fourth-order valence-corrected chi connectivity index (χ4v) is 5.05. The lowest BCUT2D eigenvalue weighted by Gasteiger charge is -2.41. The monoisotopic (exact) mass is 335 g/mol. The average molecular weight is 335 g/mol. The highest BCUT2D eigenvalue weighted by atomic mass is 19.3. The van der Waals surface area contributed by atoms with Gasteiger partial charge in [-0.1, -0.05) is 6.42 Å². The summed E-state index contributed by atoms with van der Waals surface area (Å²) in [4.78, 5) is 20.5. The van der Waals surface area contributed by atoms with Crippen molar-refractivity contribution in [2.24, 2.45) is 16.7 Å². The van der Waals surface area contributed by atoms with Crippen molar-refractivity contribution in [3.05, 3.63) is 18.3 Å². The van der Waals surface area contributed by atoms with Crippen LogP contribution in [0.15, 0.2) is 18.3 Å². The van der Waals surface area contributed by atoms with Crippen LogP contribution in [-0.2, 0) is 4.79 Å². The minimum atomic E-state index is -2.56. The molecule has 24 heavy (non-hydrogen) atoms. The zero-order chi connectivity index (χ0) is 17.3. The summed E-state index contributed by atoms with van der Waals surface area (Å²) >= 11 is 0. The van der Waals surface area contributed by atoms with E-state index in [0.717, 1.165) is 12.1 Å². The molecule has 3 saturated carbocycles. The van der Waals surface area contributed by atoms with Gasteiger partial charge in [-0.05, 0) is 37.8 Å². The van der Waals surface area contributed by atoms with Crippen LogP contribution in [0.25, 0.3) is 0 Å². The summed E-state index contributed by atoms with van der Waals surface area (Å²) in [5.74, 6) is -2.23. The van der Waals surface area contributed by atoms with Crippen molar-refractivity contribution in [1.29, 1.82) is 0 Å². The topological polar surface area (TPSA) is 36.4 Å². The highest BCUT2D eigenvalue weighted by molar-refractivity contribution is 5.97. The number of hydrogen-bond donors (Lipinski definition) is 0. The summed E-state index contributed by atoms with van der Waals surface area (Å²) in [6.45, 7) is 0. The van der Waals surface area contributed by atoms with Crippen LogP contribution in [0.5, 0.6) is 0 Å². The van der Waals surface area contributed by atoms with Gasteiger partial charge in [0.25, 0.3) is 5.92 Å². The molecule has 1 aromatic rings. The number of alkyl halides is 2. The van der Waals surface area contributed by atoms with E-state index in [1.165, 1.54) is 0 Å². The van der Waals surface area contributed by atoms with E-state index in [0.29, 0.717) is 31.5 Å². The first-order chi connectivity index (χ1) is 11.3. The van der Waals surface area contributed by atoms with Crippen LogP contribution in [0.1, 0.15) is 32.1 Å². The van der Waals surface area contributed by atoms with Crippen molar-refractivity contribution in [1.82, 2.24) is 4.98 Å². The average Bonchev–Trinajstić information content (AvgIpc) is 2.95. The molecule has 2 spiro atoms. The highest BCUT2D eigenvalue weighted by Crippen LogP contribution is 2.89. The van der Waals surface area contributed by atoms with Crippen LogP contribution < -0.4 is 9.80 Å². The summed E-state index contributed by atoms with van der Waals surface area (Å²) in [5, 5.41) is 0. The number of aromatic nitrogens is 1. The third-order valence-electron chi connectivity index (χ3n) is 6.68. The van der Waals surface area contributed by atoms with E-state index in [9.17, 15) is 13.6 Å². The minimum absolute atomic E-state index is 0.0751. The van der Waals surface area contributed by atoms with Crippen molar-refractivity contribution in [3.63, 3.8) is 0 Å². The quantitative estimate of drug-likeness (QED) is 0.850. The number of nitrogens with zero attached hydrogens (tertiary/aromatic N) is 3. The van der Waals surface area contributed by atoms with Gasteiger partial charge in [-0.25, -0.2) is 13.8 Å². The standard InChI is InChI=1S/C18H23F2N3O/c1-22(2)14-13(6-4-9-21-14)23(3)15(24)12-10-17(11-12)16(7-5-8-16)18(17,19)20/h4,6,9,12H,5,7-8,10-11H2,1-3H3. The number of pyridine rings is 1. The van der Waals surface area contributed by atoms with E-state index in [1.54, 1.807) is 24.2 Å². The fraction of sp³-hybridized carbons (Fsp3) is 0.667. The Hall–Kier alpha value is -1.72. The SMILES string of the molecule is CN(C)c1ncccc1N(C)C(=O)C1CC2(C1)C(F)(F)C21CCC1. The normalized spacial score (nSPS) is 31.3. The van der Waals surface area contributed by atoms with Crippen molar-refractivity contribution in [2.75, 3.05) is 30.9 Å². The predicted molar refractivity (Wildman–Crippen MR) is 88.4 cm³/mol. The zero-order valence-electron chi connectivity index (χ0n) is 14.4. The number of fused-ring (bicyclic) bond motifs is 1.